The summed E-state index contributed by atoms with van der Waals surface area (Å²) < 4.78 is 10.0. The average Bonchev–Trinajstić information content (AvgIpc) is 3.18. The lowest BCUT2D eigenvalue weighted by molar-refractivity contribution is -0.140. The summed E-state index contributed by atoms with van der Waals surface area (Å²) in [6, 6.07) is 7.69. The Morgan fingerprint density at radius 2 is 1.85 bits per heavy atom. The van der Waals surface area contributed by atoms with Crippen molar-refractivity contribution in [3.05, 3.63) is 35.3 Å². The van der Waals surface area contributed by atoms with Crippen molar-refractivity contribution in [2.45, 2.75) is 39.0 Å². The van der Waals surface area contributed by atoms with Crippen LogP contribution in [0.15, 0.2) is 29.6 Å². The lowest BCUT2D eigenvalue weighted by Gasteiger charge is -2.04. The van der Waals surface area contributed by atoms with Crippen molar-refractivity contribution in [3.63, 3.8) is 0 Å². The molecule has 0 saturated carbocycles. The van der Waals surface area contributed by atoms with Gasteiger partial charge in [-0.05, 0) is 44.0 Å². The number of unbranched alkanes of at least 4 members (excludes halogenated alkanes) is 3. The van der Waals surface area contributed by atoms with Crippen molar-refractivity contribution < 1.29 is 19.1 Å². The zero-order chi connectivity index (χ0) is 19.5. The van der Waals surface area contributed by atoms with Gasteiger partial charge < -0.3 is 14.8 Å². The molecule has 0 spiro atoms. The number of hydrogen-bond donors (Lipinski definition) is 1. The summed E-state index contributed by atoms with van der Waals surface area (Å²) >= 11 is 1.45. The highest BCUT2D eigenvalue weighted by Crippen LogP contribution is 2.25. The Bertz CT molecular complexity index is 728. The second-order valence-electron chi connectivity index (χ2n) is 5.99. The van der Waals surface area contributed by atoms with E-state index < -0.39 is 0 Å². The van der Waals surface area contributed by atoms with Gasteiger partial charge >= 0.3 is 5.97 Å². The van der Waals surface area contributed by atoms with Crippen molar-refractivity contribution in [2.24, 2.45) is 0 Å². The summed E-state index contributed by atoms with van der Waals surface area (Å²) in [5.74, 6) is 0.496. The number of thiazole rings is 1. The first-order valence-electron chi connectivity index (χ1n) is 9.17. The fraction of sp³-hybridized carbons (Fsp3) is 0.450. The van der Waals surface area contributed by atoms with Crippen LogP contribution in [-0.2, 0) is 9.53 Å². The molecule has 0 saturated heterocycles. The topological polar surface area (TPSA) is 77.5 Å². The second kappa shape index (κ2) is 11.3. The molecule has 0 fully saturated rings. The number of nitrogens with one attached hydrogen (secondary N) is 1. The maximum Gasteiger partial charge on any atom is 0.305 e. The predicted molar refractivity (Wildman–Crippen MR) is 106 cm³/mol. The predicted octanol–water partition coefficient (Wildman–Crippen LogP) is 4.06. The number of benzene rings is 1. The maximum atomic E-state index is 12.2. The highest BCUT2D eigenvalue weighted by molar-refractivity contribution is 7.13. The number of aromatic nitrogens is 1. The van der Waals surface area contributed by atoms with Crippen LogP contribution in [0.5, 0.6) is 5.75 Å². The Morgan fingerprint density at radius 3 is 2.56 bits per heavy atom. The standard InChI is InChI=1S/C20H26N2O4S/c1-3-26-16-11-9-15(10-12-16)20-22-17(14-27-20)19(24)21-13-7-5-4-6-8-18(23)25-2/h9-12,14H,3-8,13H2,1-2H3,(H,21,24). The van der Waals surface area contributed by atoms with Gasteiger partial charge in [0.25, 0.3) is 5.91 Å². The zero-order valence-corrected chi connectivity index (χ0v) is 16.6. The molecule has 2 aromatic rings. The van der Waals surface area contributed by atoms with E-state index in [-0.39, 0.29) is 11.9 Å². The third-order valence-electron chi connectivity index (χ3n) is 3.97. The number of amides is 1. The third kappa shape index (κ3) is 7.02. The van der Waals surface area contributed by atoms with Gasteiger partial charge in [0.15, 0.2) is 0 Å². The van der Waals surface area contributed by atoms with Crippen molar-refractivity contribution in [3.8, 4) is 16.3 Å². The Kier molecular flexibility index (Phi) is 8.77. The molecule has 0 atom stereocenters. The number of rotatable bonds is 11. The molecule has 0 bridgehead atoms. The first-order chi connectivity index (χ1) is 13.1. The number of nitrogens with zero attached hydrogens (tertiary/aromatic N) is 1. The quantitative estimate of drug-likeness (QED) is 0.462. The maximum absolute atomic E-state index is 12.2. The molecule has 0 aliphatic carbocycles. The fourth-order valence-electron chi connectivity index (χ4n) is 2.51. The molecule has 146 valence electrons. The SMILES string of the molecule is CCOc1ccc(-c2nc(C(=O)NCCCCCCC(=O)OC)cs2)cc1. The van der Waals surface area contributed by atoms with E-state index in [2.05, 4.69) is 15.0 Å². The largest absolute Gasteiger partial charge is 0.494 e. The lowest BCUT2D eigenvalue weighted by Crippen LogP contribution is -2.24. The van der Waals surface area contributed by atoms with E-state index in [0.29, 0.717) is 25.3 Å². The first-order valence-corrected chi connectivity index (χ1v) is 10.1. The average molecular weight is 391 g/mol. The Balaban J connectivity index is 1.72. The van der Waals surface area contributed by atoms with Crippen LogP contribution in [0.2, 0.25) is 0 Å². The van der Waals surface area contributed by atoms with E-state index in [4.69, 9.17) is 4.74 Å². The monoisotopic (exact) mass is 390 g/mol. The van der Waals surface area contributed by atoms with Gasteiger partial charge in [0, 0.05) is 23.9 Å². The second-order valence-corrected chi connectivity index (χ2v) is 6.85. The van der Waals surface area contributed by atoms with Crippen molar-refractivity contribution in [2.75, 3.05) is 20.3 Å². The van der Waals surface area contributed by atoms with E-state index in [1.54, 1.807) is 5.38 Å². The lowest BCUT2D eigenvalue weighted by atomic mass is 10.1. The number of carbonyl (C=O) groups is 2. The Morgan fingerprint density at radius 1 is 1.11 bits per heavy atom. The molecule has 0 unspecified atom stereocenters. The molecule has 6 nitrogen and oxygen atoms in total. The zero-order valence-electron chi connectivity index (χ0n) is 15.8. The van der Waals surface area contributed by atoms with Crippen LogP contribution in [0.4, 0.5) is 0 Å². The molecule has 0 radical (unpaired) electrons. The summed E-state index contributed by atoms with van der Waals surface area (Å²) in [5.41, 5.74) is 1.41. The van der Waals surface area contributed by atoms with Gasteiger partial charge in [0.2, 0.25) is 0 Å². The van der Waals surface area contributed by atoms with Gasteiger partial charge in [-0.15, -0.1) is 11.3 Å². The normalized spacial score (nSPS) is 10.4. The summed E-state index contributed by atoms with van der Waals surface area (Å²) in [5, 5.41) is 5.48. The highest BCUT2D eigenvalue weighted by atomic mass is 32.1. The summed E-state index contributed by atoms with van der Waals surface area (Å²) in [6.45, 7) is 3.18. The number of carbonyl (C=O) groups excluding carboxylic acids is 2. The minimum Gasteiger partial charge on any atom is -0.494 e. The van der Waals surface area contributed by atoms with Crippen molar-refractivity contribution in [1.82, 2.24) is 10.3 Å². The van der Waals surface area contributed by atoms with E-state index in [1.165, 1.54) is 18.4 Å². The molecular formula is C20H26N2O4S. The number of esters is 1. The Hall–Kier alpha value is -2.41. The van der Waals surface area contributed by atoms with E-state index in [0.717, 1.165) is 42.0 Å². The van der Waals surface area contributed by atoms with Gasteiger partial charge in [-0.3, -0.25) is 9.59 Å². The van der Waals surface area contributed by atoms with Crippen LogP contribution in [0, 0.1) is 0 Å². The van der Waals surface area contributed by atoms with Gasteiger partial charge in [0.05, 0.1) is 13.7 Å². The van der Waals surface area contributed by atoms with E-state index in [9.17, 15) is 9.59 Å². The van der Waals surface area contributed by atoms with Crippen LogP contribution in [0.1, 0.15) is 49.5 Å². The van der Waals surface area contributed by atoms with Crippen molar-refractivity contribution in [1.29, 1.82) is 0 Å². The van der Waals surface area contributed by atoms with Gasteiger partial charge in [0.1, 0.15) is 16.5 Å². The molecule has 0 aliphatic heterocycles. The van der Waals surface area contributed by atoms with Gasteiger partial charge in [-0.25, -0.2) is 4.98 Å². The third-order valence-corrected chi connectivity index (χ3v) is 4.86. The summed E-state index contributed by atoms with van der Waals surface area (Å²) in [4.78, 5) is 27.6. The van der Waals surface area contributed by atoms with Crippen LogP contribution in [0.3, 0.4) is 0 Å². The van der Waals surface area contributed by atoms with Crippen LogP contribution < -0.4 is 10.1 Å². The van der Waals surface area contributed by atoms with E-state index in [1.807, 2.05) is 31.2 Å². The molecule has 7 heteroatoms. The van der Waals surface area contributed by atoms with E-state index >= 15 is 0 Å². The number of ether oxygens (including phenoxy) is 2. The van der Waals surface area contributed by atoms with Crippen LogP contribution >= 0.6 is 11.3 Å². The summed E-state index contributed by atoms with van der Waals surface area (Å²) in [6.07, 6.45) is 4.06. The first kappa shape index (κ1) is 20.9. The molecule has 1 aromatic carbocycles. The summed E-state index contributed by atoms with van der Waals surface area (Å²) in [7, 11) is 1.40. The molecule has 1 heterocycles. The van der Waals surface area contributed by atoms with Gasteiger partial charge in [-0.2, -0.15) is 0 Å². The minimum atomic E-state index is -0.171. The molecule has 1 amide bonds. The smallest absolute Gasteiger partial charge is 0.305 e. The fourth-order valence-corrected chi connectivity index (χ4v) is 3.32. The van der Waals surface area contributed by atoms with Crippen LogP contribution in [0.25, 0.3) is 10.6 Å². The number of hydrogen-bond acceptors (Lipinski definition) is 6. The minimum absolute atomic E-state index is 0.155. The molecule has 2 rings (SSSR count). The van der Waals surface area contributed by atoms with Gasteiger partial charge in [-0.1, -0.05) is 12.8 Å². The molecule has 27 heavy (non-hydrogen) atoms. The molecular weight excluding hydrogens is 364 g/mol. The molecule has 0 aliphatic rings. The molecule has 1 aromatic heterocycles. The highest BCUT2D eigenvalue weighted by Gasteiger charge is 2.11. The Labute approximate surface area is 163 Å². The van der Waals surface area contributed by atoms with Crippen LogP contribution in [-0.4, -0.2) is 37.1 Å². The number of methoxy groups -OCH3 is 1. The van der Waals surface area contributed by atoms with Crippen molar-refractivity contribution >= 4 is 23.2 Å². The molecule has 1 N–H and O–H groups in total.